The molecule has 2 aromatic carbocycles. The second-order valence-corrected chi connectivity index (χ2v) is 7.38. The SMILES string of the molecule is Cc1ccc(S(=O)(=O)Nc2nc3c(F)cc(F)cc3s2)cc1. The summed E-state index contributed by atoms with van der Waals surface area (Å²) in [6.07, 6.45) is 0. The number of anilines is 1. The van der Waals surface area contributed by atoms with Crippen LogP contribution in [0.5, 0.6) is 0 Å². The first-order chi connectivity index (χ1) is 10.3. The van der Waals surface area contributed by atoms with E-state index in [4.69, 9.17) is 0 Å². The molecular formula is C14H10F2N2O2S2. The van der Waals surface area contributed by atoms with E-state index in [2.05, 4.69) is 9.71 Å². The highest BCUT2D eigenvalue weighted by Gasteiger charge is 2.18. The quantitative estimate of drug-likeness (QED) is 0.791. The van der Waals surface area contributed by atoms with Crippen LogP contribution in [0, 0.1) is 18.6 Å². The molecule has 0 amide bonds. The lowest BCUT2D eigenvalue weighted by Gasteiger charge is -2.04. The summed E-state index contributed by atoms with van der Waals surface area (Å²) < 4.78 is 53.7. The topological polar surface area (TPSA) is 59.1 Å². The molecule has 3 rings (SSSR count). The summed E-state index contributed by atoms with van der Waals surface area (Å²) in [4.78, 5) is 3.94. The third-order valence-electron chi connectivity index (χ3n) is 2.97. The fraction of sp³-hybridized carbons (Fsp3) is 0.0714. The van der Waals surface area contributed by atoms with E-state index in [1.54, 1.807) is 12.1 Å². The molecule has 0 spiro atoms. The smallest absolute Gasteiger partial charge is 0.255 e. The summed E-state index contributed by atoms with van der Waals surface area (Å²) >= 11 is 0.869. The number of thiazole rings is 1. The van der Waals surface area contributed by atoms with Gasteiger partial charge in [-0.2, -0.15) is 0 Å². The number of fused-ring (bicyclic) bond motifs is 1. The van der Waals surface area contributed by atoms with Gasteiger partial charge in [0.05, 0.1) is 9.60 Å². The zero-order chi connectivity index (χ0) is 15.9. The van der Waals surface area contributed by atoms with Crippen molar-refractivity contribution in [3.05, 3.63) is 53.6 Å². The number of hydrogen-bond acceptors (Lipinski definition) is 4. The molecule has 0 radical (unpaired) electrons. The number of rotatable bonds is 3. The van der Waals surface area contributed by atoms with Gasteiger partial charge in [0, 0.05) is 6.07 Å². The summed E-state index contributed by atoms with van der Waals surface area (Å²) in [5.41, 5.74) is 0.865. The van der Waals surface area contributed by atoms with E-state index >= 15 is 0 Å². The summed E-state index contributed by atoms with van der Waals surface area (Å²) in [6.45, 7) is 1.84. The number of nitrogens with one attached hydrogen (secondary N) is 1. The second-order valence-electron chi connectivity index (χ2n) is 4.67. The van der Waals surface area contributed by atoms with Crippen LogP contribution in [-0.4, -0.2) is 13.4 Å². The lowest BCUT2D eigenvalue weighted by atomic mass is 10.2. The second kappa shape index (κ2) is 5.29. The van der Waals surface area contributed by atoms with Gasteiger partial charge in [-0.3, -0.25) is 4.72 Å². The molecule has 0 atom stereocenters. The maximum atomic E-state index is 13.6. The first-order valence-corrected chi connectivity index (χ1v) is 8.50. The monoisotopic (exact) mass is 340 g/mol. The molecule has 0 aliphatic rings. The minimum Gasteiger partial charge on any atom is -0.255 e. The lowest BCUT2D eigenvalue weighted by molar-refractivity contribution is 0.590. The molecule has 1 heterocycles. The molecule has 3 aromatic rings. The average Bonchev–Trinajstić information content (AvgIpc) is 2.81. The Kier molecular flexibility index (Phi) is 3.57. The van der Waals surface area contributed by atoms with Crippen LogP contribution in [0.15, 0.2) is 41.3 Å². The minimum absolute atomic E-state index is 0.0138. The van der Waals surface area contributed by atoms with Crippen LogP contribution in [0.3, 0.4) is 0 Å². The molecular weight excluding hydrogens is 330 g/mol. The fourth-order valence-corrected chi connectivity index (χ4v) is 4.03. The van der Waals surface area contributed by atoms with Crippen LogP contribution in [0.25, 0.3) is 10.2 Å². The molecule has 114 valence electrons. The number of aromatic nitrogens is 1. The number of nitrogens with zero attached hydrogens (tertiary/aromatic N) is 1. The lowest BCUT2D eigenvalue weighted by Crippen LogP contribution is -2.12. The third-order valence-corrected chi connectivity index (χ3v) is 5.37. The van der Waals surface area contributed by atoms with E-state index < -0.39 is 21.7 Å². The Morgan fingerprint density at radius 1 is 1.14 bits per heavy atom. The van der Waals surface area contributed by atoms with E-state index in [1.165, 1.54) is 12.1 Å². The van der Waals surface area contributed by atoms with Gasteiger partial charge in [-0.25, -0.2) is 22.2 Å². The Hall–Kier alpha value is -2.06. The van der Waals surface area contributed by atoms with Crippen LogP contribution in [-0.2, 0) is 10.0 Å². The molecule has 22 heavy (non-hydrogen) atoms. The zero-order valence-corrected chi connectivity index (χ0v) is 12.9. The van der Waals surface area contributed by atoms with Crippen LogP contribution >= 0.6 is 11.3 Å². The normalized spacial score (nSPS) is 11.8. The summed E-state index contributed by atoms with van der Waals surface area (Å²) in [5, 5.41) is -0.0138. The highest BCUT2D eigenvalue weighted by atomic mass is 32.2. The van der Waals surface area contributed by atoms with Gasteiger partial charge in [-0.05, 0) is 25.1 Å². The number of sulfonamides is 1. The van der Waals surface area contributed by atoms with Gasteiger partial charge in [0.1, 0.15) is 11.3 Å². The molecule has 4 nitrogen and oxygen atoms in total. The predicted octanol–water partition coefficient (Wildman–Crippen LogP) is 3.68. The Morgan fingerprint density at radius 2 is 1.82 bits per heavy atom. The van der Waals surface area contributed by atoms with E-state index in [0.29, 0.717) is 6.07 Å². The van der Waals surface area contributed by atoms with Gasteiger partial charge < -0.3 is 0 Å². The highest BCUT2D eigenvalue weighted by Crippen LogP contribution is 2.30. The van der Waals surface area contributed by atoms with Gasteiger partial charge in [0.2, 0.25) is 0 Å². The van der Waals surface area contributed by atoms with Crippen molar-refractivity contribution in [1.82, 2.24) is 4.98 Å². The maximum absolute atomic E-state index is 13.6. The summed E-state index contributed by atoms with van der Waals surface area (Å²) in [7, 11) is -3.82. The van der Waals surface area contributed by atoms with Crippen molar-refractivity contribution in [2.75, 3.05) is 4.72 Å². The molecule has 0 saturated carbocycles. The minimum atomic E-state index is -3.82. The zero-order valence-electron chi connectivity index (χ0n) is 11.3. The highest BCUT2D eigenvalue weighted by molar-refractivity contribution is 7.93. The summed E-state index contributed by atoms with van der Waals surface area (Å²) in [5.74, 6) is -1.56. The number of hydrogen-bond donors (Lipinski definition) is 1. The fourth-order valence-electron chi connectivity index (χ4n) is 1.89. The number of aryl methyl sites for hydroxylation is 1. The van der Waals surface area contributed by atoms with Crippen molar-refractivity contribution < 1.29 is 17.2 Å². The molecule has 8 heteroatoms. The predicted molar refractivity (Wildman–Crippen MR) is 81.5 cm³/mol. The van der Waals surface area contributed by atoms with E-state index in [-0.39, 0.29) is 20.2 Å². The molecule has 0 fully saturated rings. The van der Waals surface area contributed by atoms with Gasteiger partial charge >= 0.3 is 0 Å². The van der Waals surface area contributed by atoms with Crippen LogP contribution in [0.2, 0.25) is 0 Å². The van der Waals surface area contributed by atoms with E-state index in [1.807, 2.05) is 6.92 Å². The number of halogens is 2. The van der Waals surface area contributed by atoms with Crippen molar-refractivity contribution in [1.29, 1.82) is 0 Å². The Bertz CT molecular complexity index is 951. The largest absolute Gasteiger partial charge is 0.263 e. The Labute approximate surface area is 129 Å². The van der Waals surface area contributed by atoms with Gasteiger partial charge in [0.25, 0.3) is 10.0 Å². The summed E-state index contributed by atoms with van der Waals surface area (Å²) in [6, 6.07) is 8.08. The standard InChI is InChI=1S/C14H10F2N2O2S2/c1-8-2-4-10(5-3-8)22(19,20)18-14-17-13-11(16)6-9(15)7-12(13)21-14/h2-7H,1H3,(H,17,18). The molecule has 0 saturated heterocycles. The molecule has 1 N–H and O–H groups in total. The van der Waals surface area contributed by atoms with Crippen LogP contribution < -0.4 is 4.72 Å². The Balaban J connectivity index is 1.98. The van der Waals surface area contributed by atoms with Crippen molar-refractivity contribution in [2.24, 2.45) is 0 Å². The third kappa shape index (κ3) is 2.79. The van der Waals surface area contributed by atoms with Gasteiger partial charge in [-0.1, -0.05) is 29.0 Å². The first-order valence-electron chi connectivity index (χ1n) is 6.20. The van der Waals surface area contributed by atoms with Gasteiger partial charge in [0.15, 0.2) is 10.9 Å². The molecule has 0 aliphatic heterocycles. The van der Waals surface area contributed by atoms with Crippen molar-refractivity contribution in [3.8, 4) is 0 Å². The number of benzene rings is 2. The van der Waals surface area contributed by atoms with Crippen LogP contribution in [0.1, 0.15) is 5.56 Å². The Morgan fingerprint density at radius 3 is 2.50 bits per heavy atom. The van der Waals surface area contributed by atoms with Crippen molar-refractivity contribution in [2.45, 2.75) is 11.8 Å². The van der Waals surface area contributed by atoms with E-state index in [9.17, 15) is 17.2 Å². The van der Waals surface area contributed by atoms with Crippen molar-refractivity contribution in [3.63, 3.8) is 0 Å². The van der Waals surface area contributed by atoms with Gasteiger partial charge in [-0.15, -0.1) is 0 Å². The molecule has 1 aromatic heterocycles. The van der Waals surface area contributed by atoms with E-state index in [0.717, 1.165) is 23.0 Å². The molecule has 0 bridgehead atoms. The van der Waals surface area contributed by atoms with Crippen LogP contribution in [0.4, 0.5) is 13.9 Å². The molecule has 0 unspecified atom stereocenters. The first kappa shape index (κ1) is 14.9. The van der Waals surface area contributed by atoms with Crippen molar-refractivity contribution >= 4 is 36.7 Å². The maximum Gasteiger partial charge on any atom is 0.263 e. The molecule has 0 aliphatic carbocycles. The average molecular weight is 340 g/mol.